The summed E-state index contributed by atoms with van der Waals surface area (Å²) in [4.78, 5) is 19.9. The first kappa shape index (κ1) is 10.4. The molecule has 3 aromatic heterocycles. The number of aromatic amines is 1. The molecule has 0 aliphatic heterocycles. The molecule has 6 nitrogen and oxygen atoms in total. The third-order valence-electron chi connectivity index (χ3n) is 2.50. The highest BCUT2D eigenvalue weighted by Crippen LogP contribution is 2.15. The van der Waals surface area contributed by atoms with Gasteiger partial charge in [-0.15, -0.1) is 0 Å². The van der Waals surface area contributed by atoms with Crippen LogP contribution in [0.3, 0.4) is 0 Å². The number of fused-ring (bicyclic) bond motifs is 1. The summed E-state index contributed by atoms with van der Waals surface area (Å²) >= 11 is 0. The molecule has 0 spiro atoms. The number of carbonyl (C=O) groups excluding carboxylic acids is 1. The van der Waals surface area contributed by atoms with Crippen LogP contribution >= 0.6 is 0 Å². The molecule has 3 aromatic rings. The fourth-order valence-electron chi connectivity index (χ4n) is 1.66. The van der Waals surface area contributed by atoms with E-state index in [1.54, 1.807) is 43.0 Å². The second-order valence-corrected chi connectivity index (χ2v) is 3.69. The zero-order valence-corrected chi connectivity index (χ0v) is 9.29. The average molecular weight is 239 g/mol. The molecule has 88 valence electrons. The number of anilines is 1. The van der Waals surface area contributed by atoms with Crippen LogP contribution in [0, 0.1) is 0 Å². The van der Waals surface area contributed by atoms with Crippen molar-refractivity contribution in [3.05, 3.63) is 48.7 Å². The van der Waals surface area contributed by atoms with E-state index in [9.17, 15) is 4.79 Å². The molecule has 0 aliphatic carbocycles. The van der Waals surface area contributed by atoms with Gasteiger partial charge < -0.3 is 5.32 Å². The number of H-pyrrole nitrogens is 1. The summed E-state index contributed by atoms with van der Waals surface area (Å²) in [6.07, 6.45) is 6.47. The zero-order valence-electron chi connectivity index (χ0n) is 9.29. The van der Waals surface area contributed by atoms with E-state index in [1.807, 2.05) is 0 Å². The lowest BCUT2D eigenvalue weighted by Gasteiger charge is -2.01. The Morgan fingerprint density at radius 1 is 1.17 bits per heavy atom. The second-order valence-electron chi connectivity index (χ2n) is 3.69. The number of aromatic nitrogens is 4. The molecule has 1 amide bonds. The Labute approximate surface area is 102 Å². The first-order valence-electron chi connectivity index (χ1n) is 5.34. The van der Waals surface area contributed by atoms with Crippen LogP contribution in [0.2, 0.25) is 0 Å². The molecule has 0 bridgehead atoms. The molecule has 3 rings (SSSR count). The summed E-state index contributed by atoms with van der Waals surface area (Å²) in [6.45, 7) is 0. The van der Waals surface area contributed by atoms with E-state index in [4.69, 9.17) is 0 Å². The predicted molar refractivity (Wildman–Crippen MR) is 66.1 cm³/mol. The van der Waals surface area contributed by atoms with E-state index in [2.05, 4.69) is 25.5 Å². The van der Waals surface area contributed by atoms with Crippen LogP contribution in [0.5, 0.6) is 0 Å². The number of amides is 1. The number of rotatable bonds is 2. The Kier molecular flexibility index (Phi) is 2.45. The van der Waals surface area contributed by atoms with Gasteiger partial charge in [-0.25, -0.2) is 0 Å². The summed E-state index contributed by atoms with van der Waals surface area (Å²) < 4.78 is 0. The molecule has 0 unspecified atom stereocenters. The summed E-state index contributed by atoms with van der Waals surface area (Å²) in [7, 11) is 0. The summed E-state index contributed by atoms with van der Waals surface area (Å²) in [6, 6.07) is 5.28. The van der Waals surface area contributed by atoms with Crippen molar-refractivity contribution in [1.82, 2.24) is 20.2 Å². The lowest BCUT2D eigenvalue weighted by molar-refractivity contribution is 0.102. The zero-order chi connectivity index (χ0) is 12.4. The van der Waals surface area contributed by atoms with Crippen molar-refractivity contribution < 1.29 is 4.79 Å². The Balaban J connectivity index is 1.93. The van der Waals surface area contributed by atoms with E-state index >= 15 is 0 Å². The molecule has 0 aromatic carbocycles. The molecule has 0 fully saturated rings. The van der Waals surface area contributed by atoms with Gasteiger partial charge in [0.15, 0.2) is 5.69 Å². The standard InChI is InChI=1S/C12H9N5O/c18-12(15-8-2-1-4-13-6-8)11-9-7-14-5-3-10(9)16-17-11/h1-7H,(H,15,18)(H,16,17). The molecule has 0 saturated carbocycles. The Bertz CT molecular complexity index is 692. The van der Waals surface area contributed by atoms with Crippen LogP contribution in [0.4, 0.5) is 5.69 Å². The van der Waals surface area contributed by atoms with Crippen molar-refractivity contribution >= 4 is 22.5 Å². The minimum Gasteiger partial charge on any atom is -0.319 e. The number of hydrogen-bond donors (Lipinski definition) is 2. The van der Waals surface area contributed by atoms with Gasteiger partial charge >= 0.3 is 0 Å². The molecule has 18 heavy (non-hydrogen) atoms. The third kappa shape index (κ3) is 1.80. The van der Waals surface area contributed by atoms with E-state index in [0.29, 0.717) is 16.8 Å². The van der Waals surface area contributed by atoms with E-state index in [1.165, 1.54) is 0 Å². The van der Waals surface area contributed by atoms with E-state index in [0.717, 1.165) is 5.52 Å². The molecule has 0 aliphatic rings. The molecule has 0 atom stereocenters. The maximum atomic E-state index is 12.0. The number of hydrogen-bond acceptors (Lipinski definition) is 4. The normalized spacial score (nSPS) is 10.4. The van der Waals surface area contributed by atoms with Gasteiger partial charge in [0, 0.05) is 18.6 Å². The minimum absolute atomic E-state index is 0.290. The first-order chi connectivity index (χ1) is 8.84. The molecular formula is C12H9N5O. The summed E-state index contributed by atoms with van der Waals surface area (Å²) in [5.41, 5.74) is 1.73. The molecule has 6 heteroatoms. The molecule has 2 N–H and O–H groups in total. The van der Waals surface area contributed by atoms with Crippen LogP contribution < -0.4 is 5.32 Å². The lowest BCUT2D eigenvalue weighted by atomic mass is 10.2. The maximum Gasteiger partial charge on any atom is 0.276 e. The maximum absolute atomic E-state index is 12.0. The largest absolute Gasteiger partial charge is 0.319 e. The highest BCUT2D eigenvalue weighted by atomic mass is 16.1. The lowest BCUT2D eigenvalue weighted by Crippen LogP contribution is -2.12. The molecule has 0 saturated heterocycles. The molecule has 0 radical (unpaired) electrons. The monoisotopic (exact) mass is 239 g/mol. The van der Waals surface area contributed by atoms with Gasteiger partial charge in [-0.05, 0) is 18.2 Å². The van der Waals surface area contributed by atoms with Gasteiger partial charge in [-0.1, -0.05) is 0 Å². The Morgan fingerprint density at radius 3 is 2.89 bits per heavy atom. The van der Waals surface area contributed by atoms with Crippen LogP contribution in [-0.2, 0) is 0 Å². The topological polar surface area (TPSA) is 83.6 Å². The fraction of sp³-hybridized carbons (Fsp3) is 0. The number of nitrogens with zero attached hydrogens (tertiary/aromatic N) is 3. The van der Waals surface area contributed by atoms with Crippen molar-refractivity contribution in [2.75, 3.05) is 5.32 Å². The molecular weight excluding hydrogens is 230 g/mol. The average Bonchev–Trinajstić information content (AvgIpc) is 2.84. The number of nitrogens with one attached hydrogen (secondary N) is 2. The first-order valence-corrected chi connectivity index (χ1v) is 5.34. The van der Waals surface area contributed by atoms with Gasteiger partial charge in [-0.2, -0.15) is 5.10 Å². The van der Waals surface area contributed by atoms with Gasteiger partial charge in [0.1, 0.15) is 0 Å². The van der Waals surface area contributed by atoms with Gasteiger partial charge in [0.2, 0.25) is 0 Å². The Morgan fingerprint density at radius 2 is 2.06 bits per heavy atom. The predicted octanol–water partition coefficient (Wildman–Crippen LogP) is 1.61. The summed E-state index contributed by atoms with van der Waals surface area (Å²) in [5.74, 6) is -0.290. The van der Waals surface area contributed by atoms with Crippen LogP contribution in [0.15, 0.2) is 43.0 Å². The van der Waals surface area contributed by atoms with Gasteiger partial charge in [-0.3, -0.25) is 19.9 Å². The second kappa shape index (κ2) is 4.25. The fourth-order valence-corrected chi connectivity index (χ4v) is 1.66. The van der Waals surface area contributed by atoms with Crippen molar-refractivity contribution in [2.24, 2.45) is 0 Å². The van der Waals surface area contributed by atoms with Crippen molar-refractivity contribution in [2.45, 2.75) is 0 Å². The van der Waals surface area contributed by atoms with Crippen molar-refractivity contribution in [3.63, 3.8) is 0 Å². The quantitative estimate of drug-likeness (QED) is 0.711. The van der Waals surface area contributed by atoms with Gasteiger partial charge in [0.05, 0.1) is 22.8 Å². The number of pyridine rings is 2. The van der Waals surface area contributed by atoms with Crippen molar-refractivity contribution in [1.29, 1.82) is 0 Å². The van der Waals surface area contributed by atoms with E-state index < -0.39 is 0 Å². The minimum atomic E-state index is -0.290. The summed E-state index contributed by atoms with van der Waals surface area (Å²) in [5, 5.41) is 10.2. The number of carbonyl (C=O) groups is 1. The third-order valence-corrected chi connectivity index (χ3v) is 2.50. The van der Waals surface area contributed by atoms with Crippen molar-refractivity contribution in [3.8, 4) is 0 Å². The SMILES string of the molecule is O=C(Nc1cccnc1)c1n[nH]c2ccncc12. The highest BCUT2D eigenvalue weighted by Gasteiger charge is 2.14. The van der Waals surface area contributed by atoms with Gasteiger partial charge in [0.25, 0.3) is 5.91 Å². The van der Waals surface area contributed by atoms with Crippen LogP contribution in [0.25, 0.3) is 10.9 Å². The highest BCUT2D eigenvalue weighted by molar-refractivity contribution is 6.10. The van der Waals surface area contributed by atoms with E-state index in [-0.39, 0.29) is 5.91 Å². The van der Waals surface area contributed by atoms with Crippen LogP contribution in [-0.4, -0.2) is 26.1 Å². The molecule has 3 heterocycles. The Hall–Kier alpha value is -2.76. The van der Waals surface area contributed by atoms with Crippen LogP contribution in [0.1, 0.15) is 10.5 Å². The smallest absolute Gasteiger partial charge is 0.276 e.